The molecule has 0 unspecified atom stereocenters. The molecule has 0 fully saturated rings. The molecule has 0 radical (unpaired) electrons. The molecule has 29 heavy (non-hydrogen) atoms. The number of aryl methyl sites for hydroxylation is 2. The van der Waals surface area contributed by atoms with Crippen molar-refractivity contribution in [2.24, 2.45) is 0 Å². The number of carbonyl (C=O) groups excluding carboxylic acids is 1. The average molecular weight is 421 g/mol. The van der Waals surface area contributed by atoms with E-state index < -0.39 is 16.1 Å². The highest BCUT2D eigenvalue weighted by Gasteiger charge is 2.20. The van der Waals surface area contributed by atoms with Crippen molar-refractivity contribution in [1.82, 2.24) is 0 Å². The van der Waals surface area contributed by atoms with Gasteiger partial charge >= 0.3 is 6.09 Å². The molecule has 0 aromatic heterocycles. The third kappa shape index (κ3) is 5.63. The second-order valence-corrected chi connectivity index (χ2v) is 7.88. The number of benzene rings is 2. The largest absolute Gasteiger partial charge is 0.492 e. The van der Waals surface area contributed by atoms with E-state index in [-0.39, 0.29) is 17.2 Å². The lowest BCUT2D eigenvalue weighted by molar-refractivity contribution is 0.167. The topological polar surface area (TPSA) is 93.7 Å². The number of amides is 1. The van der Waals surface area contributed by atoms with E-state index in [2.05, 4.69) is 10.0 Å². The highest BCUT2D eigenvalue weighted by atomic mass is 32.2. The van der Waals surface area contributed by atoms with Crippen LogP contribution in [-0.2, 0) is 27.6 Å². The highest BCUT2D eigenvalue weighted by molar-refractivity contribution is 7.92. The standard InChI is InChI=1S/C21H28N2O5S/c1-5-15-10-9-11-16(6-2)20(15)23-29(25,26)17-12-13-19(27-7-3)18(14-17)22-21(24)28-8-4/h9-14,23H,5-8H2,1-4H3,(H,22,24). The van der Waals surface area contributed by atoms with Crippen LogP contribution in [0.2, 0.25) is 0 Å². The molecule has 0 heterocycles. The number of hydrogen-bond donors (Lipinski definition) is 2. The highest BCUT2D eigenvalue weighted by Crippen LogP contribution is 2.31. The first-order valence-electron chi connectivity index (χ1n) is 9.70. The van der Waals surface area contributed by atoms with Crippen molar-refractivity contribution < 1.29 is 22.7 Å². The molecule has 2 aromatic carbocycles. The van der Waals surface area contributed by atoms with Crippen LogP contribution in [0.1, 0.15) is 38.8 Å². The van der Waals surface area contributed by atoms with E-state index in [9.17, 15) is 13.2 Å². The minimum atomic E-state index is -3.88. The normalized spacial score (nSPS) is 11.0. The van der Waals surface area contributed by atoms with Crippen LogP contribution in [0.3, 0.4) is 0 Å². The molecule has 2 rings (SSSR count). The van der Waals surface area contributed by atoms with Gasteiger partial charge in [0.25, 0.3) is 10.0 Å². The van der Waals surface area contributed by atoms with Gasteiger partial charge in [0.15, 0.2) is 0 Å². The minimum absolute atomic E-state index is 0.0145. The molecule has 1 amide bonds. The molecular formula is C21H28N2O5S. The van der Waals surface area contributed by atoms with Gasteiger partial charge in [0, 0.05) is 0 Å². The third-order valence-electron chi connectivity index (χ3n) is 4.31. The second-order valence-electron chi connectivity index (χ2n) is 6.20. The molecule has 0 atom stereocenters. The Morgan fingerprint density at radius 3 is 2.17 bits per heavy atom. The summed E-state index contributed by atoms with van der Waals surface area (Å²) >= 11 is 0. The molecule has 2 N–H and O–H groups in total. The third-order valence-corrected chi connectivity index (χ3v) is 5.66. The maximum Gasteiger partial charge on any atom is 0.411 e. The predicted octanol–water partition coefficient (Wildman–Crippen LogP) is 4.58. The minimum Gasteiger partial charge on any atom is -0.492 e. The van der Waals surface area contributed by atoms with Gasteiger partial charge in [0.2, 0.25) is 0 Å². The Morgan fingerprint density at radius 2 is 1.62 bits per heavy atom. The zero-order valence-electron chi connectivity index (χ0n) is 17.2. The van der Waals surface area contributed by atoms with Crippen molar-refractivity contribution >= 4 is 27.5 Å². The fourth-order valence-corrected chi connectivity index (χ4v) is 4.07. The first-order valence-corrected chi connectivity index (χ1v) is 11.2. The molecule has 0 saturated heterocycles. The number of rotatable bonds is 9. The number of hydrogen-bond acceptors (Lipinski definition) is 5. The molecule has 0 aliphatic carbocycles. The number of para-hydroxylation sites is 1. The summed E-state index contributed by atoms with van der Waals surface area (Å²) in [5.41, 5.74) is 2.67. The molecule has 0 bridgehead atoms. The van der Waals surface area contributed by atoms with Gasteiger partial charge < -0.3 is 9.47 Å². The maximum atomic E-state index is 13.1. The maximum absolute atomic E-state index is 13.1. The summed E-state index contributed by atoms with van der Waals surface area (Å²) in [5.74, 6) is 0.364. The van der Waals surface area contributed by atoms with Gasteiger partial charge in [-0.3, -0.25) is 10.0 Å². The molecule has 2 aromatic rings. The molecule has 7 nitrogen and oxygen atoms in total. The number of ether oxygens (including phenoxy) is 2. The lowest BCUT2D eigenvalue weighted by atomic mass is 10.0. The van der Waals surface area contributed by atoms with E-state index in [1.165, 1.54) is 18.2 Å². The molecule has 0 aliphatic rings. The van der Waals surface area contributed by atoms with Crippen molar-refractivity contribution in [2.75, 3.05) is 23.3 Å². The van der Waals surface area contributed by atoms with Gasteiger partial charge in [-0.05, 0) is 56.0 Å². The molecule has 0 aliphatic heterocycles. The zero-order chi connectivity index (χ0) is 21.4. The average Bonchev–Trinajstić information content (AvgIpc) is 2.69. The summed E-state index contributed by atoms with van der Waals surface area (Å²) in [7, 11) is -3.88. The predicted molar refractivity (Wildman–Crippen MR) is 114 cm³/mol. The number of anilines is 2. The van der Waals surface area contributed by atoms with E-state index >= 15 is 0 Å². The van der Waals surface area contributed by atoms with Crippen LogP contribution in [0.15, 0.2) is 41.3 Å². The number of sulfonamides is 1. The summed E-state index contributed by atoms with van der Waals surface area (Å²) in [6.07, 6.45) is 0.718. The number of carbonyl (C=O) groups is 1. The molecule has 8 heteroatoms. The van der Waals surface area contributed by atoms with Crippen molar-refractivity contribution in [3.05, 3.63) is 47.5 Å². The summed E-state index contributed by atoms with van der Waals surface area (Å²) < 4.78 is 39.2. The van der Waals surface area contributed by atoms with E-state index in [4.69, 9.17) is 9.47 Å². The van der Waals surface area contributed by atoms with Crippen LogP contribution in [0, 0.1) is 0 Å². The second kappa shape index (κ2) is 10.2. The summed E-state index contributed by atoms with van der Waals surface area (Å²) in [5, 5.41) is 2.54. The van der Waals surface area contributed by atoms with Crippen LogP contribution in [0.4, 0.5) is 16.2 Å². The van der Waals surface area contributed by atoms with E-state index in [0.717, 1.165) is 11.1 Å². The van der Waals surface area contributed by atoms with Crippen molar-refractivity contribution in [3.63, 3.8) is 0 Å². The Kier molecular flexibility index (Phi) is 7.90. The first kappa shape index (κ1) is 22.5. The molecular weight excluding hydrogens is 392 g/mol. The molecule has 0 saturated carbocycles. The van der Waals surface area contributed by atoms with Gasteiger partial charge in [0.05, 0.1) is 29.5 Å². The van der Waals surface area contributed by atoms with E-state index in [1.807, 2.05) is 32.0 Å². The molecule has 158 valence electrons. The zero-order valence-corrected chi connectivity index (χ0v) is 18.1. The van der Waals surface area contributed by atoms with E-state index in [0.29, 0.717) is 30.9 Å². The van der Waals surface area contributed by atoms with Crippen LogP contribution in [-0.4, -0.2) is 27.7 Å². The Balaban J connectivity index is 2.44. The fourth-order valence-electron chi connectivity index (χ4n) is 2.90. The lowest BCUT2D eigenvalue weighted by Crippen LogP contribution is -2.18. The first-order chi connectivity index (χ1) is 13.9. The molecule has 0 spiro atoms. The lowest BCUT2D eigenvalue weighted by Gasteiger charge is -2.17. The van der Waals surface area contributed by atoms with Crippen molar-refractivity contribution in [2.45, 2.75) is 45.4 Å². The van der Waals surface area contributed by atoms with Gasteiger partial charge in [-0.25, -0.2) is 13.2 Å². The van der Waals surface area contributed by atoms with Crippen molar-refractivity contribution in [3.8, 4) is 5.75 Å². The van der Waals surface area contributed by atoms with Gasteiger partial charge in [-0.1, -0.05) is 32.0 Å². The van der Waals surface area contributed by atoms with Crippen LogP contribution in [0.5, 0.6) is 5.75 Å². The van der Waals surface area contributed by atoms with Gasteiger partial charge in [0.1, 0.15) is 5.75 Å². The number of nitrogens with one attached hydrogen (secondary N) is 2. The summed E-state index contributed by atoms with van der Waals surface area (Å²) in [6, 6.07) is 10.1. The van der Waals surface area contributed by atoms with Crippen LogP contribution in [0.25, 0.3) is 0 Å². The van der Waals surface area contributed by atoms with Crippen LogP contribution < -0.4 is 14.8 Å². The smallest absolute Gasteiger partial charge is 0.411 e. The van der Waals surface area contributed by atoms with Gasteiger partial charge in [-0.15, -0.1) is 0 Å². The van der Waals surface area contributed by atoms with Crippen molar-refractivity contribution in [1.29, 1.82) is 0 Å². The Hall–Kier alpha value is -2.74. The fraction of sp³-hybridized carbons (Fsp3) is 0.381. The SMILES string of the molecule is CCOC(=O)Nc1cc(S(=O)(=O)Nc2c(CC)cccc2CC)ccc1OCC. The Bertz CT molecular complexity index is 935. The summed E-state index contributed by atoms with van der Waals surface area (Å²) in [6.45, 7) is 8.00. The van der Waals surface area contributed by atoms with E-state index in [1.54, 1.807) is 13.8 Å². The Labute approximate surface area is 172 Å². The Morgan fingerprint density at radius 1 is 0.966 bits per heavy atom. The quantitative estimate of drug-likeness (QED) is 0.619. The monoisotopic (exact) mass is 420 g/mol. The van der Waals surface area contributed by atoms with Gasteiger partial charge in [-0.2, -0.15) is 0 Å². The van der Waals surface area contributed by atoms with Crippen LogP contribution >= 0.6 is 0 Å². The summed E-state index contributed by atoms with van der Waals surface area (Å²) in [4.78, 5) is 11.8.